The minimum absolute atomic E-state index is 0.103. The molecule has 0 aliphatic carbocycles. The van der Waals surface area contributed by atoms with Crippen LogP contribution in [-0.2, 0) is 5.88 Å². The van der Waals surface area contributed by atoms with Crippen LogP contribution in [0.5, 0.6) is 0 Å². The predicted octanol–water partition coefficient (Wildman–Crippen LogP) is 4.42. The summed E-state index contributed by atoms with van der Waals surface area (Å²) >= 11 is 11.8. The molecule has 0 unspecified atom stereocenters. The van der Waals surface area contributed by atoms with Gasteiger partial charge in [0.1, 0.15) is 0 Å². The fourth-order valence-electron chi connectivity index (χ4n) is 1.37. The lowest BCUT2D eigenvalue weighted by molar-refractivity contribution is 0.444. The van der Waals surface area contributed by atoms with Gasteiger partial charge in [-0.15, -0.1) is 22.9 Å². The molecule has 2 aromatic rings. The molecule has 7 heteroatoms. The summed E-state index contributed by atoms with van der Waals surface area (Å²) in [7, 11) is 0. The fraction of sp³-hybridized carbons (Fsp3) is 0.100. The van der Waals surface area contributed by atoms with E-state index < -0.39 is 17.5 Å². The Hall–Kier alpha value is -0.850. The second kappa shape index (κ2) is 4.80. The molecule has 0 fully saturated rings. The Morgan fingerprint density at radius 1 is 1.24 bits per heavy atom. The lowest BCUT2D eigenvalue weighted by Gasteiger charge is -2.08. The normalized spacial score (nSPS) is 10.8. The number of alkyl halides is 1. The van der Waals surface area contributed by atoms with Gasteiger partial charge >= 0.3 is 0 Å². The van der Waals surface area contributed by atoms with Crippen LogP contribution in [-0.4, -0.2) is 4.57 Å². The van der Waals surface area contributed by atoms with Crippen molar-refractivity contribution in [3.63, 3.8) is 0 Å². The molecule has 17 heavy (non-hydrogen) atoms. The standard InChI is InChI=1S/C10H5ClF3NS2/c11-3-5-4-17-10(16)15(5)7-2-1-6(12)8(13)9(7)14/h1-2,4H,3H2. The molecule has 0 aliphatic rings. The maximum Gasteiger partial charge on any atom is 0.196 e. The summed E-state index contributed by atoms with van der Waals surface area (Å²) in [5, 5.41) is 1.65. The Kier molecular flexibility index (Phi) is 3.56. The SMILES string of the molecule is Fc1ccc(-n2c(CCl)csc2=S)c(F)c1F. The third-order valence-corrected chi connectivity index (χ3v) is 3.68. The third-order valence-electron chi connectivity index (χ3n) is 2.16. The minimum atomic E-state index is -1.52. The first-order valence-corrected chi connectivity index (χ1v) is 6.27. The van der Waals surface area contributed by atoms with E-state index in [4.69, 9.17) is 23.8 Å². The largest absolute Gasteiger partial charge is 0.292 e. The molecule has 1 nitrogen and oxygen atoms in total. The van der Waals surface area contributed by atoms with Crippen LogP contribution >= 0.6 is 35.2 Å². The summed E-state index contributed by atoms with van der Waals surface area (Å²) in [6, 6.07) is 1.98. The van der Waals surface area contributed by atoms with Crippen LogP contribution in [0, 0.1) is 21.4 Å². The molecule has 0 amide bonds. The Bertz CT molecular complexity index is 620. The van der Waals surface area contributed by atoms with E-state index in [0.717, 1.165) is 12.1 Å². The third kappa shape index (κ3) is 2.12. The molecule has 0 aliphatic heterocycles. The second-order valence-electron chi connectivity index (χ2n) is 3.16. The lowest BCUT2D eigenvalue weighted by atomic mass is 10.2. The summed E-state index contributed by atoms with van der Waals surface area (Å²) in [4.78, 5) is 0. The van der Waals surface area contributed by atoms with Crippen LogP contribution in [0.2, 0.25) is 0 Å². The topological polar surface area (TPSA) is 4.93 Å². The van der Waals surface area contributed by atoms with Gasteiger partial charge in [0, 0.05) is 11.1 Å². The Labute approximate surface area is 109 Å². The Morgan fingerprint density at radius 3 is 2.59 bits per heavy atom. The van der Waals surface area contributed by atoms with Gasteiger partial charge in [-0.25, -0.2) is 13.2 Å². The maximum atomic E-state index is 13.6. The fourth-order valence-corrected chi connectivity index (χ4v) is 2.77. The molecule has 0 saturated carbocycles. The van der Waals surface area contributed by atoms with Crippen molar-refractivity contribution in [2.24, 2.45) is 0 Å². The summed E-state index contributed by atoms with van der Waals surface area (Å²) in [5.41, 5.74) is 0.400. The van der Waals surface area contributed by atoms with E-state index in [1.807, 2.05) is 0 Å². The number of rotatable bonds is 2. The van der Waals surface area contributed by atoms with Gasteiger partial charge in [0.25, 0.3) is 0 Å². The maximum absolute atomic E-state index is 13.6. The first-order valence-electron chi connectivity index (χ1n) is 4.45. The van der Waals surface area contributed by atoms with Gasteiger partial charge in [0.2, 0.25) is 0 Å². The van der Waals surface area contributed by atoms with E-state index in [-0.39, 0.29) is 11.6 Å². The van der Waals surface area contributed by atoms with Gasteiger partial charge in [-0.05, 0) is 24.4 Å². The Morgan fingerprint density at radius 2 is 1.94 bits per heavy atom. The number of nitrogens with zero attached hydrogens (tertiary/aromatic N) is 1. The molecule has 90 valence electrons. The van der Waals surface area contributed by atoms with Crippen molar-refractivity contribution in [1.29, 1.82) is 0 Å². The van der Waals surface area contributed by atoms with Crippen molar-refractivity contribution in [3.05, 3.63) is 44.6 Å². The van der Waals surface area contributed by atoms with Crippen LogP contribution in [0.15, 0.2) is 17.5 Å². The molecule has 1 aromatic heterocycles. The number of aromatic nitrogens is 1. The number of benzene rings is 1. The quantitative estimate of drug-likeness (QED) is 0.451. The van der Waals surface area contributed by atoms with E-state index in [1.165, 1.54) is 15.9 Å². The van der Waals surface area contributed by atoms with E-state index in [9.17, 15) is 13.2 Å². The molecule has 0 radical (unpaired) electrons. The molecule has 0 bridgehead atoms. The monoisotopic (exact) mass is 295 g/mol. The van der Waals surface area contributed by atoms with Crippen molar-refractivity contribution >= 4 is 35.2 Å². The number of halogens is 4. The van der Waals surface area contributed by atoms with E-state index in [2.05, 4.69) is 0 Å². The van der Waals surface area contributed by atoms with Gasteiger partial charge in [0.05, 0.1) is 11.6 Å². The van der Waals surface area contributed by atoms with E-state index >= 15 is 0 Å². The molecule has 1 heterocycles. The van der Waals surface area contributed by atoms with Gasteiger partial charge < -0.3 is 0 Å². The van der Waals surface area contributed by atoms with Gasteiger partial charge in [0.15, 0.2) is 21.4 Å². The molecule has 0 spiro atoms. The summed E-state index contributed by atoms with van der Waals surface area (Å²) in [5.74, 6) is -3.92. The highest BCUT2D eigenvalue weighted by atomic mass is 35.5. The zero-order chi connectivity index (χ0) is 12.6. The number of hydrogen-bond acceptors (Lipinski definition) is 2. The zero-order valence-electron chi connectivity index (χ0n) is 8.21. The Balaban J connectivity index is 2.73. The average Bonchev–Trinajstić information content (AvgIpc) is 2.68. The second-order valence-corrected chi connectivity index (χ2v) is 4.93. The highest BCUT2D eigenvalue weighted by molar-refractivity contribution is 7.73. The molecule has 0 N–H and O–H groups in total. The summed E-state index contributed by atoms with van der Waals surface area (Å²) < 4.78 is 41.2. The highest BCUT2D eigenvalue weighted by Crippen LogP contribution is 2.24. The van der Waals surface area contributed by atoms with Crippen LogP contribution in [0.1, 0.15) is 5.69 Å². The first kappa shape index (κ1) is 12.6. The van der Waals surface area contributed by atoms with Crippen LogP contribution in [0.25, 0.3) is 5.69 Å². The molecule has 0 atom stereocenters. The van der Waals surface area contributed by atoms with Crippen molar-refractivity contribution in [3.8, 4) is 5.69 Å². The molecule has 2 rings (SSSR count). The summed E-state index contributed by atoms with van der Waals surface area (Å²) in [6.07, 6.45) is 0. The average molecular weight is 296 g/mol. The molecular weight excluding hydrogens is 291 g/mol. The van der Waals surface area contributed by atoms with Crippen molar-refractivity contribution in [1.82, 2.24) is 4.57 Å². The van der Waals surface area contributed by atoms with Crippen molar-refractivity contribution in [2.75, 3.05) is 0 Å². The van der Waals surface area contributed by atoms with Crippen molar-refractivity contribution < 1.29 is 13.2 Å². The van der Waals surface area contributed by atoms with E-state index in [1.54, 1.807) is 5.38 Å². The highest BCUT2D eigenvalue weighted by Gasteiger charge is 2.17. The van der Waals surface area contributed by atoms with Crippen LogP contribution < -0.4 is 0 Å². The molecule has 0 saturated heterocycles. The zero-order valence-corrected chi connectivity index (χ0v) is 10.6. The first-order chi connectivity index (χ1) is 8.06. The summed E-state index contributed by atoms with van der Waals surface area (Å²) in [6.45, 7) is 0. The lowest BCUT2D eigenvalue weighted by Crippen LogP contribution is -2.04. The van der Waals surface area contributed by atoms with Crippen LogP contribution in [0.4, 0.5) is 13.2 Å². The molecular formula is C10H5ClF3NS2. The van der Waals surface area contributed by atoms with Crippen molar-refractivity contribution in [2.45, 2.75) is 5.88 Å². The number of thiazole rings is 1. The molecule has 1 aromatic carbocycles. The van der Waals surface area contributed by atoms with Crippen LogP contribution in [0.3, 0.4) is 0 Å². The van der Waals surface area contributed by atoms with Gasteiger partial charge in [-0.3, -0.25) is 4.57 Å². The minimum Gasteiger partial charge on any atom is -0.292 e. The number of hydrogen-bond donors (Lipinski definition) is 0. The predicted molar refractivity (Wildman–Crippen MR) is 63.9 cm³/mol. The van der Waals surface area contributed by atoms with E-state index in [0.29, 0.717) is 9.65 Å². The smallest absolute Gasteiger partial charge is 0.196 e. The van der Waals surface area contributed by atoms with Gasteiger partial charge in [-0.1, -0.05) is 0 Å². The van der Waals surface area contributed by atoms with Gasteiger partial charge in [-0.2, -0.15) is 0 Å².